The fourth-order valence-corrected chi connectivity index (χ4v) is 3.58. The maximum absolute atomic E-state index is 13.2. The second kappa shape index (κ2) is 10.2. The molecule has 0 radical (unpaired) electrons. The third-order valence-electron chi connectivity index (χ3n) is 5.41. The molecule has 1 aromatic heterocycles. The van der Waals surface area contributed by atoms with Crippen LogP contribution in [0.15, 0.2) is 63.1 Å². The van der Waals surface area contributed by atoms with Crippen LogP contribution in [-0.4, -0.2) is 40.4 Å². The Morgan fingerprint density at radius 2 is 2.12 bits per heavy atom. The van der Waals surface area contributed by atoms with E-state index in [0.29, 0.717) is 24.5 Å². The molecule has 0 saturated carbocycles. The molecule has 1 aromatic rings. The standard InChI is InChI=1S/C23H26F2N4O5/c1-14-5-4-6-16(8-7-14)20(31)28-23(13-30,12-26-32)21-27-19(29-34-21)18-10-9-17(11-15(18)2)33-22(3,24)25/h4-5,7-10,15,30H,6,11-13H2,1-3H3,(H,28,31). The Kier molecular flexibility index (Phi) is 7.55. The van der Waals surface area contributed by atoms with Crippen molar-refractivity contribution in [3.05, 3.63) is 70.0 Å². The Hall–Kier alpha value is -3.47. The zero-order valence-electron chi connectivity index (χ0n) is 19.0. The quantitative estimate of drug-likeness (QED) is 0.517. The molecule has 1 heterocycles. The van der Waals surface area contributed by atoms with Crippen molar-refractivity contribution in [1.82, 2.24) is 15.5 Å². The summed E-state index contributed by atoms with van der Waals surface area (Å²) in [7, 11) is 0. The van der Waals surface area contributed by atoms with Crippen molar-refractivity contribution >= 4 is 11.5 Å². The lowest BCUT2D eigenvalue weighted by Crippen LogP contribution is -2.51. The summed E-state index contributed by atoms with van der Waals surface area (Å²) in [4.78, 5) is 28.4. The summed E-state index contributed by atoms with van der Waals surface area (Å²) in [6.07, 6.45) is 7.31. The smallest absolute Gasteiger partial charge is 0.394 e. The Bertz CT molecular complexity index is 1100. The zero-order chi connectivity index (χ0) is 24.9. The number of halogens is 2. The van der Waals surface area contributed by atoms with Gasteiger partial charge in [0.15, 0.2) is 11.4 Å². The lowest BCUT2D eigenvalue weighted by atomic mass is 9.91. The third-order valence-corrected chi connectivity index (χ3v) is 5.41. The number of allylic oxidation sites excluding steroid dienone is 9. The largest absolute Gasteiger partial charge is 0.437 e. The number of nitroso groups, excluding NO2 is 1. The van der Waals surface area contributed by atoms with Crippen LogP contribution in [0.4, 0.5) is 8.78 Å². The topological polar surface area (TPSA) is 127 Å². The van der Waals surface area contributed by atoms with Gasteiger partial charge in [0, 0.05) is 24.5 Å². The molecule has 11 heteroatoms. The van der Waals surface area contributed by atoms with Gasteiger partial charge >= 0.3 is 6.11 Å². The number of carbonyl (C=O) groups excluding carboxylic acids is 1. The zero-order valence-corrected chi connectivity index (χ0v) is 19.0. The molecule has 2 atom stereocenters. The molecule has 0 aromatic carbocycles. The van der Waals surface area contributed by atoms with E-state index < -0.39 is 30.7 Å². The number of hydrogen-bond acceptors (Lipinski definition) is 8. The summed E-state index contributed by atoms with van der Waals surface area (Å²) in [5.41, 5.74) is 0.223. The minimum atomic E-state index is -3.30. The van der Waals surface area contributed by atoms with Gasteiger partial charge in [-0.15, -0.1) is 0 Å². The number of alkyl halides is 2. The second-order valence-electron chi connectivity index (χ2n) is 8.38. The van der Waals surface area contributed by atoms with Gasteiger partial charge in [-0.1, -0.05) is 53.2 Å². The van der Waals surface area contributed by atoms with Gasteiger partial charge in [-0.05, 0) is 25.3 Å². The first-order chi connectivity index (χ1) is 16.1. The van der Waals surface area contributed by atoms with Gasteiger partial charge in [0.1, 0.15) is 12.3 Å². The number of rotatable bonds is 9. The molecule has 0 spiro atoms. The van der Waals surface area contributed by atoms with Gasteiger partial charge in [0.2, 0.25) is 5.91 Å². The number of ether oxygens (including phenoxy) is 1. The van der Waals surface area contributed by atoms with Gasteiger partial charge in [0.25, 0.3) is 5.89 Å². The average Bonchev–Trinajstić information content (AvgIpc) is 3.14. The molecule has 1 amide bonds. The number of aliphatic hydroxyl groups excluding tert-OH is 1. The van der Waals surface area contributed by atoms with Crippen LogP contribution in [0.25, 0.3) is 5.57 Å². The molecule has 9 nitrogen and oxygen atoms in total. The monoisotopic (exact) mass is 476 g/mol. The van der Waals surface area contributed by atoms with Crippen LogP contribution in [0, 0.1) is 10.8 Å². The number of nitrogens with one attached hydrogen (secondary N) is 1. The number of hydrogen-bond donors (Lipinski definition) is 2. The summed E-state index contributed by atoms with van der Waals surface area (Å²) in [6.45, 7) is 3.06. The summed E-state index contributed by atoms with van der Waals surface area (Å²) in [6, 6.07) is 0. The van der Waals surface area contributed by atoms with Crippen molar-refractivity contribution in [1.29, 1.82) is 0 Å². The van der Waals surface area contributed by atoms with Crippen LogP contribution in [0.5, 0.6) is 0 Å². The summed E-state index contributed by atoms with van der Waals surface area (Å²) in [5, 5.41) is 19.5. The molecule has 2 unspecified atom stereocenters. The highest BCUT2D eigenvalue weighted by atomic mass is 19.3. The number of carbonyl (C=O) groups is 1. The van der Waals surface area contributed by atoms with Crippen molar-refractivity contribution in [2.75, 3.05) is 13.2 Å². The van der Waals surface area contributed by atoms with Crippen LogP contribution in [0.1, 0.15) is 45.3 Å². The highest BCUT2D eigenvalue weighted by molar-refractivity contribution is 5.94. The van der Waals surface area contributed by atoms with Gasteiger partial charge < -0.3 is 19.7 Å². The number of aliphatic hydroxyl groups is 1. The first-order valence-corrected chi connectivity index (χ1v) is 10.7. The molecule has 0 fully saturated rings. The lowest BCUT2D eigenvalue weighted by molar-refractivity contribution is -0.200. The van der Waals surface area contributed by atoms with Crippen LogP contribution < -0.4 is 5.32 Å². The van der Waals surface area contributed by atoms with E-state index in [9.17, 15) is 23.6 Å². The SMILES string of the molecule is CC1=CC=C(C(=O)NC(CO)(CN=O)c2nc(C3=CC=C(OC(C)(F)F)CC3C)no2)CC=C1. The van der Waals surface area contributed by atoms with Crippen molar-refractivity contribution in [3.8, 4) is 0 Å². The molecule has 3 rings (SSSR count). The Labute approximate surface area is 194 Å². The first kappa shape index (κ1) is 25.2. The molecule has 0 aliphatic heterocycles. The fraction of sp³-hybridized carbons (Fsp3) is 0.435. The fourth-order valence-electron chi connectivity index (χ4n) is 3.58. The van der Waals surface area contributed by atoms with Crippen molar-refractivity contribution in [2.45, 2.75) is 45.3 Å². The highest BCUT2D eigenvalue weighted by Crippen LogP contribution is 2.34. The average molecular weight is 476 g/mol. The molecule has 0 bridgehead atoms. The van der Waals surface area contributed by atoms with E-state index in [1.807, 2.05) is 19.1 Å². The molecule has 2 N–H and O–H groups in total. The van der Waals surface area contributed by atoms with E-state index in [-0.39, 0.29) is 29.8 Å². The van der Waals surface area contributed by atoms with E-state index >= 15 is 0 Å². The normalized spacial score (nSPS) is 20.2. The molecular formula is C23H26F2N4O5. The molecule has 2 aliphatic rings. The highest BCUT2D eigenvalue weighted by Gasteiger charge is 2.41. The summed E-state index contributed by atoms with van der Waals surface area (Å²) in [5.74, 6) is -0.760. The molecule has 2 aliphatic carbocycles. The van der Waals surface area contributed by atoms with Gasteiger partial charge in [-0.2, -0.15) is 18.7 Å². The Balaban J connectivity index is 1.88. The predicted molar refractivity (Wildman–Crippen MR) is 119 cm³/mol. The van der Waals surface area contributed by atoms with Crippen LogP contribution in [-0.2, 0) is 15.1 Å². The molecule has 182 valence electrons. The van der Waals surface area contributed by atoms with Crippen molar-refractivity contribution in [3.63, 3.8) is 0 Å². The van der Waals surface area contributed by atoms with Gasteiger partial charge in [0.05, 0.1) is 6.61 Å². The van der Waals surface area contributed by atoms with Crippen LogP contribution in [0.3, 0.4) is 0 Å². The van der Waals surface area contributed by atoms with Gasteiger partial charge in [-0.25, -0.2) is 0 Å². The van der Waals surface area contributed by atoms with E-state index in [0.717, 1.165) is 5.57 Å². The molecule has 34 heavy (non-hydrogen) atoms. The number of nitrogens with zero attached hydrogens (tertiary/aromatic N) is 3. The maximum atomic E-state index is 13.2. The summed E-state index contributed by atoms with van der Waals surface area (Å²) >= 11 is 0. The Morgan fingerprint density at radius 1 is 1.35 bits per heavy atom. The third kappa shape index (κ3) is 5.90. The van der Waals surface area contributed by atoms with E-state index in [1.54, 1.807) is 25.2 Å². The second-order valence-corrected chi connectivity index (χ2v) is 8.38. The molecular weight excluding hydrogens is 450 g/mol. The maximum Gasteiger partial charge on any atom is 0.394 e. The molecule has 0 saturated heterocycles. The van der Waals surface area contributed by atoms with Crippen LogP contribution in [0.2, 0.25) is 0 Å². The van der Waals surface area contributed by atoms with E-state index in [2.05, 4.69) is 25.4 Å². The van der Waals surface area contributed by atoms with Gasteiger partial charge in [-0.3, -0.25) is 4.79 Å². The van der Waals surface area contributed by atoms with E-state index in [4.69, 9.17) is 4.52 Å². The Morgan fingerprint density at radius 3 is 2.76 bits per heavy atom. The number of aromatic nitrogens is 2. The number of amides is 1. The lowest BCUT2D eigenvalue weighted by Gasteiger charge is -2.26. The minimum Gasteiger partial charge on any atom is -0.437 e. The van der Waals surface area contributed by atoms with Crippen molar-refractivity contribution < 1.29 is 27.9 Å². The van der Waals surface area contributed by atoms with Crippen molar-refractivity contribution in [2.24, 2.45) is 11.1 Å². The van der Waals surface area contributed by atoms with E-state index in [1.165, 1.54) is 6.08 Å². The first-order valence-electron chi connectivity index (χ1n) is 10.7. The minimum absolute atomic E-state index is 0.115. The predicted octanol–water partition coefficient (Wildman–Crippen LogP) is 3.91. The van der Waals surface area contributed by atoms with Crippen LogP contribution >= 0.6 is 0 Å². The summed E-state index contributed by atoms with van der Waals surface area (Å²) < 4.78 is 36.3.